The van der Waals surface area contributed by atoms with E-state index in [9.17, 15) is 19.2 Å². The van der Waals surface area contributed by atoms with Crippen molar-refractivity contribution in [2.75, 3.05) is 26.4 Å². The fraction of sp³-hybridized carbons (Fsp3) is 0.316. The van der Waals surface area contributed by atoms with E-state index in [0.29, 0.717) is 5.69 Å². The fourth-order valence-corrected chi connectivity index (χ4v) is 2.22. The van der Waals surface area contributed by atoms with Crippen LogP contribution in [0.15, 0.2) is 41.2 Å². The van der Waals surface area contributed by atoms with Crippen LogP contribution in [0.1, 0.15) is 24.3 Å². The number of amides is 1. The van der Waals surface area contributed by atoms with Gasteiger partial charge in [-0.05, 0) is 26.0 Å². The molecule has 0 bridgehead atoms. The molecule has 0 aliphatic carbocycles. The third-order valence-electron chi connectivity index (χ3n) is 3.46. The summed E-state index contributed by atoms with van der Waals surface area (Å²) in [6.07, 6.45) is 0. The Balaban J connectivity index is 2.21. The molecule has 0 aliphatic heterocycles. The summed E-state index contributed by atoms with van der Waals surface area (Å²) in [6.45, 7) is 2.68. The van der Waals surface area contributed by atoms with E-state index in [2.05, 4.69) is 10.4 Å². The van der Waals surface area contributed by atoms with Crippen molar-refractivity contribution in [3.8, 4) is 11.4 Å². The molecule has 2 aromatic rings. The van der Waals surface area contributed by atoms with Crippen LogP contribution in [-0.4, -0.2) is 54.0 Å². The second-order valence-corrected chi connectivity index (χ2v) is 5.53. The molecule has 0 saturated carbocycles. The molecule has 0 aliphatic rings. The van der Waals surface area contributed by atoms with Crippen LogP contribution in [0.4, 0.5) is 0 Å². The first-order chi connectivity index (χ1) is 14.0. The number of para-hydroxylation sites is 1. The Bertz CT molecular complexity index is 925. The van der Waals surface area contributed by atoms with E-state index in [1.807, 2.05) is 0 Å². The Morgan fingerprint density at radius 3 is 2.41 bits per heavy atom. The molecule has 1 amide bonds. The quantitative estimate of drug-likeness (QED) is 0.599. The van der Waals surface area contributed by atoms with Gasteiger partial charge >= 0.3 is 11.9 Å². The van der Waals surface area contributed by atoms with Crippen LogP contribution in [0.3, 0.4) is 0 Å². The monoisotopic (exact) mass is 403 g/mol. The van der Waals surface area contributed by atoms with E-state index in [-0.39, 0.29) is 31.2 Å². The summed E-state index contributed by atoms with van der Waals surface area (Å²) < 4.78 is 16.0. The standard InChI is InChI=1S/C19H21N3O7/c1-3-27-17(25)11-20-15(23)12-29-14-10-16(24)22(13-8-6-5-7-9-13)21-18(14)19(26)28-4-2/h5-10H,3-4,11-12H2,1-2H3,(H,20,23). The van der Waals surface area contributed by atoms with E-state index in [1.54, 1.807) is 44.2 Å². The highest BCUT2D eigenvalue weighted by molar-refractivity contribution is 5.90. The van der Waals surface area contributed by atoms with Crippen molar-refractivity contribution in [1.82, 2.24) is 15.1 Å². The third kappa shape index (κ3) is 6.16. The van der Waals surface area contributed by atoms with E-state index < -0.39 is 30.0 Å². The zero-order chi connectivity index (χ0) is 21.2. The molecular weight excluding hydrogens is 382 g/mol. The number of nitrogens with one attached hydrogen (secondary N) is 1. The summed E-state index contributed by atoms with van der Waals surface area (Å²) in [5.74, 6) is -2.24. The highest BCUT2D eigenvalue weighted by atomic mass is 16.5. The fourth-order valence-electron chi connectivity index (χ4n) is 2.22. The van der Waals surface area contributed by atoms with Crippen LogP contribution >= 0.6 is 0 Å². The number of benzene rings is 1. The Labute approximate surface area is 166 Å². The zero-order valence-electron chi connectivity index (χ0n) is 16.0. The summed E-state index contributed by atoms with van der Waals surface area (Å²) in [5, 5.41) is 6.34. The highest BCUT2D eigenvalue weighted by Crippen LogP contribution is 2.16. The maximum Gasteiger partial charge on any atom is 0.362 e. The smallest absolute Gasteiger partial charge is 0.362 e. The van der Waals surface area contributed by atoms with Gasteiger partial charge in [0.05, 0.1) is 25.0 Å². The molecule has 1 heterocycles. The van der Waals surface area contributed by atoms with Crippen molar-refractivity contribution in [3.63, 3.8) is 0 Å². The second kappa shape index (κ2) is 10.6. The molecule has 154 valence electrons. The maximum absolute atomic E-state index is 12.4. The minimum atomic E-state index is -0.806. The summed E-state index contributed by atoms with van der Waals surface area (Å²) >= 11 is 0. The summed E-state index contributed by atoms with van der Waals surface area (Å²) in [5.41, 5.74) is -0.374. The summed E-state index contributed by atoms with van der Waals surface area (Å²) in [4.78, 5) is 47.8. The number of esters is 2. The van der Waals surface area contributed by atoms with Gasteiger partial charge in [-0.2, -0.15) is 9.78 Å². The lowest BCUT2D eigenvalue weighted by atomic mass is 10.3. The van der Waals surface area contributed by atoms with Gasteiger partial charge in [-0.15, -0.1) is 0 Å². The van der Waals surface area contributed by atoms with Gasteiger partial charge in [-0.25, -0.2) is 4.79 Å². The number of hydrogen-bond donors (Lipinski definition) is 1. The third-order valence-corrected chi connectivity index (χ3v) is 3.46. The number of ether oxygens (including phenoxy) is 3. The van der Waals surface area contributed by atoms with Crippen LogP contribution in [0.5, 0.6) is 5.75 Å². The molecule has 0 saturated heterocycles. The number of rotatable bonds is 9. The molecule has 0 atom stereocenters. The van der Waals surface area contributed by atoms with Gasteiger partial charge in [0.15, 0.2) is 12.4 Å². The number of carbonyl (C=O) groups is 3. The van der Waals surface area contributed by atoms with E-state index in [0.717, 1.165) is 10.7 Å². The predicted molar refractivity (Wildman–Crippen MR) is 101 cm³/mol. The molecule has 0 fully saturated rings. The molecule has 0 unspecified atom stereocenters. The molecule has 1 N–H and O–H groups in total. The van der Waals surface area contributed by atoms with Gasteiger partial charge in [0.2, 0.25) is 5.69 Å². The minimum Gasteiger partial charge on any atom is -0.481 e. The van der Waals surface area contributed by atoms with E-state index in [4.69, 9.17) is 14.2 Å². The lowest BCUT2D eigenvalue weighted by Gasteiger charge is -2.12. The molecule has 10 heteroatoms. The molecule has 0 radical (unpaired) electrons. The van der Waals surface area contributed by atoms with Gasteiger partial charge in [-0.1, -0.05) is 18.2 Å². The molecule has 29 heavy (non-hydrogen) atoms. The Kier molecular flexibility index (Phi) is 7.89. The summed E-state index contributed by atoms with van der Waals surface area (Å²) in [7, 11) is 0. The van der Waals surface area contributed by atoms with Crippen molar-refractivity contribution in [2.24, 2.45) is 0 Å². The number of hydrogen-bond acceptors (Lipinski definition) is 8. The van der Waals surface area contributed by atoms with Crippen LogP contribution in [0, 0.1) is 0 Å². The lowest BCUT2D eigenvalue weighted by Crippen LogP contribution is -2.34. The summed E-state index contributed by atoms with van der Waals surface area (Å²) in [6, 6.07) is 9.54. The molecular formula is C19H21N3O7. The largest absolute Gasteiger partial charge is 0.481 e. The number of nitrogens with zero attached hydrogens (tertiary/aromatic N) is 2. The van der Waals surface area contributed by atoms with Crippen molar-refractivity contribution < 1.29 is 28.6 Å². The first kappa shape index (κ1) is 21.6. The van der Waals surface area contributed by atoms with Gasteiger partial charge < -0.3 is 19.5 Å². The SMILES string of the molecule is CCOC(=O)CNC(=O)COc1cc(=O)n(-c2ccccc2)nc1C(=O)OCC. The van der Waals surface area contributed by atoms with Crippen LogP contribution < -0.4 is 15.6 Å². The molecule has 0 spiro atoms. The molecule has 1 aromatic heterocycles. The first-order valence-corrected chi connectivity index (χ1v) is 8.88. The van der Waals surface area contributed by atoms with Crippen molar-refractivity contribution in [1.29, 1.82) is 0 Å². The lowest BCUT2D eigenvalue weighted by molar-refractivity contribution is -0.143. The van der Waals surface area contributed by atoms with Crippen molar-refractivity contribution >= 4 is 17.8 Å². The molecule has 2 rings (SSSR count). The van der Waals surface area contributed by atoms with Crippen molar-refractivity contribution in [3.05, 3.63) is 52.4 Å². The van der Waals surface area contributed by atoms with E-state index in [1.165, 1.54) is 0 Å². The minimum absolute atomic E-state index is 0.0877. The first-order valence-electron chi connectivity index (χ1n) is 8.88. The normalized spacial score (nSPS) is 10.1. The predicted octanol–water partition coefficient (Wildman–Crippen LogP) is 0.467. The number of aromatic nitrogens is 2. The van der Waals surface area contributed by atoms with Crippen LogP contribution in [0.25, 0.3) is 5.69 Å². The van der Waals surface area contributed by atoms with Crippen molar-refractivity contribution in [2.45, 2.75) is 13.8 Å². The van der Waals surface area contributed by atoms with Crippen LogP contribution in [-0.2, 0) is 19.1 Å². The molecule has 10 nitrogen and oxygen atoms in total. The van der Waals surface area contributed by atoms with E-state index >= 15 is 0 Å². The average molecular weight is 403 g/mol. The number of carbonyl (C=O) groups excluding carboxylic acids is 3. The average Bonchev–Trinajstić information content (AvgIpc) is 2.71. The maximum atomic E-state index is 12.4. The Morgan fingerprint density at radius 1 is 1.07 bits per heavy atom. The zero-order valence-corrected chi connectivity index (χ0v) is 16.0. The van der Waals surface area contributed by atoms with Gasteiger partial charge in [-0.3, -0.25) is 14.4 Å². The topological polar surface area (TPSA) is 126 Å². The van der Waals surface area contributed by atoms with Gasteiger partial charge in [0, 0.05) is 0 Å². The Morgan fingerprint density at radius 2 is 1.76 bits per heavy atom. The van der Waals surface area contributed by atoms with Gasteiger partial charge in [0.25, 0.3) is 11.5 Å². The second-order valence-electron chi connectivity index (χ2n) is 5.53. The molecule has 1 aromatic carbocycles. The Hall–Kier alpha value is -3.69. The highest BCUT2D eigenvalue weighted by Gasteiger charge is 2.20. The van der Waals surface area contributed by atoms with Gasteiger partial charge in [0.1, 0.15) is 6.54 Å². The van der Waals surface area contributed by atoms with Crippen LogP contribution in [0.2, 0.25) is 0 Å².